The van der Waals surface area contributed by atoms with Crippen molar-refractivity contribution >= 4 is 41.7 Å². The van der Waals surface area contributed by atoms with Crippen LogP contribution in [0, 0.1) is 12.8 Å². The van der Waals surface area contributed by atoms with Crippen molar-refractivity contribution in [2.45, 2.75) is 45.2 Å². The van der Waals surface area contributed by atoms with E-state index in [2.05, 4.69) is 37.5 Å². The number of aryl methyl sites for hydroxylation is 2. The zero-order valence-corrected chi connectivity index (χ0v) is 17.1. The molecule has 0 amide bonds. The zero-order chi connectivity index (χ0) is 15.4. The summed E-state index contributed by atoms with van der Waals surface area (Å²) in [6, 6.07) is 0.377. The number of guanidine groups is 1. The minimum Gasteiger partial charge on any atom is -0.356 e. The summed E-state index contributed by atoms with van der Waals surface area (Å²) in [6.07, 6.45) is 4.70. The lowest BCUT2D eigenvalue weighted by atomic mass is 10.0. The van der Waals surface area contributed by atoms with Crippen LogP contribution in [0.5, 0.6) is 0 Å². The lowest BCUT2D eigenvalue weighted by Crippen LogP contribution is -2.48. The van der Waals surface area contributed by atoms with Crippen molar-refractivity contribution in [2.75, 3.05) is 25.1 Å². The van der Waals surface area contributed by atoms with Gasteiger partial charge in [-0.3, -0.25) is 4.99 Å². The minimum absolute atomic E-state index is 0. The highest BCUT2D eigenvalue weighted by atomic mass is 127. The maximum absolute atomic E-state index is 4.46. The normalized spacial score (nSPS) is 22.2. The summed E-state index contributed by atoms with van der Waals surface area (Å²) in [5.74, 6) is 6.29. The van der Waals surface area contributed by atoms with Gasteiger partial charge in [0.05, 0.1) is 6.54 Å². The smallest absolute Gasteiger partial charge is 0.191 e. The van der Waals surface area contributed by atoms with Crippen LogP contribution >= 0.6 is 35.7 Å². The highest BCUT2D eigenvalue weighted by Crippen LogP contribution is 2.21. The third kappa shape index (κ3) is 5.23. The van der Waals surface area contributed by atoms with Gasteiger partial charge in [-0.2, -0.15) is 16.9 Å². The van der Waals surface area contributed by atoms with Gasteiger partial charge in [0.15, 0.2) is 5.96 Å². The van der Waals surface area contributed by atoms with Gasteiger partial charge in [0.2, 0.25) is 0 Å². The van der Waals surface area contributed by atoms with Crippen LogP contribution in [0.15, 0.2) is 4.99 Å². The molecule has 3 heterocycles. The van der Waals surface area contributed by atoms with Gasteiger partial charge in [-0.15, -0.1) is 24.0 Å². The summed E-state index contributed by atoms with van der Waals surface area (Å²) in [5, 5.41) is 11.5. The van der Waals surface area contributed by atoms with Crippen molar-refractivity contribution in [3.05, 3.63) is 11.6 Å². The molecule has 2 aliphatic heterocycles. The van der Waals surface area contributed by atoms with E-state index >= 15 is 0 Å². The number of aromatic nitrogens is 3. The molecule has 1 atom stereocenters. The van der Waals surface area contributed by atoms with Gasteiger partial charge in [-0.25, -0.2) is 9.67 Å². The highest BCUT2D eigenvalue weighted by Gasteiger charge is 2.22. The van der Waals surface area contributed by atoms with Gasteiger partial charge >= 0.3 is 0 Å². The Hall–Kier alpha value is -0.510. The molecular weight excluding hydrogens is 423 g/mol. The first kappa shape index (κ1) is 18.8. The van der Waals surface area contributed by atoms with Crippen LogP contribution in [0.1, 0.15) is 30.9 Å². The molecule has 1 fully saturated rings. The Labute approximate surface area is 159 Å². The van der Waals surface area contributed by atoms with Crippen LogP contribution in [-0.2, 0) is 13.0 Å². The van der Waals surface area contributed by atoms with Crippen LogP contribution in [0.3, 0.4) is 0 Å². The van der Waals surface area contributed by atoms with Crippen molar-refractivity contribution in [3.63, 3.8) is 0 Å². The van der Waals surface area contributed by atoms with E-state index in [1.807, 2.05) is 18.7 Å². The molecule has 0 bridgehead atoms. The van der Waals surface area contributed by atoms with E-state index in [-0.39, 0.29) is 24.0 Å². The number of hydrogen-bond acceptors (Lipinski definition) is 4. The minimum atomic E-state index is 0. The molecule has 2 N–H and O–H groups in total. The van der Waals surface area contributed by atoms with Gasteiger partial charge in [0.25, 0.3) is 0 Å². The number of fused-ring (bicyclic) bond motifs is 1. The Morgan fingerprint density at radius 1 is 1.35 bits per heavy atom. The number of aliphatic imine (C=N–C) groups is 1. The fourth-order valence-corrected chi connectivity index (χ4v) is 4.34. The lowest BCUT2D eigenvalue weighted by Gasteiger charge is -2.27. The van der Waals surface area contributed by atoms with E-state index in [1.54, 1.807) is 0 Å². The van der Waals surface area contributed by atoms with Crippen LogP contribution in [0.25, 0.3) is 0 Å². The number of nitrogens with zero attached hydrogens (tertiary/aromatic N) is 4. The first-order chi connectivity index (χ1) is 10.7. The quantitative estimate of drug-likeness (QED) is 0.418. The van der Waals surface area contributed by atoms with Crippen LogP contribution in [0.2, 0.25) is 0 Å². The van der Waals surface area contributed by atoms with Gasteiger partial charge < -0.3 is 10.6 Å². The molecule has 0 aliphatic carbocycles. The molecule has 6 nitrogen and oxygen atoms in total. The van der Waals surface area contributed by atoms with Crippen molar-refractivity contribution in [2.24, 2.45) is 10.9 Å². The van der Waals surface area contributed by atoms with Crippen LogP contribution in [0.4, 0.5) is 0 Å². The second-order valence-corrected chi connectivity index (χ2v) is 7.37. The molecule has 1 saturated heterocycles. The fourth-order valence-electron chi connectivity index (χ4n) is 3.13. The topological polar surface area (TPSA) is 67.1 Å². The Balaban J connectivity index is 0.00000192. The van der Waals surface area contributed by atoms with Gasteiger partial charge in [-0.1, -0.05) is 0 Å². The van der Waals surface area contributed by atoms with Gasteiger partial charge in [-0.05, 0) is 43.6 Å². The highest BCUT2D eigenvalue weighted by molar-refractivity contribution is 14.0. The average molecular weight is 450 g/mol. The zero-order valence-electron chi connectivity index (χ0n) is 13.9. The molecule has 0 radical (unpaired) electrons. The SMILES string of the molecule is CN=C(NCC1CCSCC1)NC1CCc2nc(C)nn2C1.I. The van der Waals surface area contributed by atoms with Crippen LogP contribution < -0.4 is 10.6 Å². The van der Waals surface area contributed by atoms with E-state index in [0.29, 0.717) is 6.04 Å². The predicted molar refractivity (Wildman–Crippen MR) is 107 cm³/mol. The molecule has 0 spiro atoms. The molecule has 2 aliphatic rings. The van der Waals surface area contributed by atoms with E-state index in [0.717, 1.165) is 49.5 Å². The van der Waals surface area contributed by atoms with Gasteiger partial charge in [0.1, 0.15) is 11.6 Å². The number of thioether (sulfide) groups is 1. The summed E-state index contributed by atoms with van der Waals surface area (Å²) in [5.41, 5.74) is 0. The number of hydrogen-bond donors (Lipinski definition) is 2. The van der Waals surface area contributed by atoms with Crippen LogP contribution in [-0.4, -0.2) is 51.9 Å². The molecule has 1 unspecified atom stereocenters. The summed E-state index contributed by atoms with van der Waals surface area (Å²) >= 11 is 2.07. The van der Waals surface area contributed by atoms with Gasteiger partial charge in [0, 0.05) is 26.1 Å². The fraction of sp³-hybridized carbons (Fsp3) is 0.800. The first-order valence-electron chi connectivity index (χ1n) is 8.20. The largest absolute Gasteiger partial charge is 0.356 e. The van der Waals surface area contributed by atoms with Crippen molar-refractivity contribution < 1.29 is 0 Å². The Kier molecular flexibility index (Phi) is 7.45. The molecule has 1 aromatic rings. The molecule has 0 saturated carbocycles. The summed E-state index contributed by atoms with van der Waals surface area (Å²) in [4.78, 5) is 8.83. The summed E-state index contributed by atoms with van der Waals surface area (Å²) < 4.78 is 2.03. The maximum Gasteiger partial charge on any atom is 0.191 e. The van der Waals surface area contributed by atoms with E-state index in [9.17, 15) is 0 Å². The second kappa shape index (κ2) is 9.10. The molecular formula is C15H27IN6S. The second-order valence-electron chi connectivity index (χ2n) is 6.15. The lowest BCUT2D eigenvalue weighted by molar-refractivity contribution is 0.390. The molecule has 23 heavy (non-hydrogen) atoms. The first-order valence-corrected chi connectivity index (χ1v) is 9.35. The Morgan fingerprint density at radius 3 is 2.87 bits per heavy atom. The average Bonchev–Trinajstić information content (AvgIpc) is 2.91. The molecule has 8 heteroatoms. The molecule has 1 aromatic heterocycles. The standard InChI is InChI=1S/C15H26N6S.HI/c1-11-18-14-4-3-13(10-21(14)20-11)19-15(16-2)17-9-12-5-7-22-8-6-12;/h12-13H,3-10H2,1-2H3,(H2,16,17,19);1H. The Bertz CT molecular complexity index is 526. The van der Waals surface area contributed by atoms with Crippen molar-refractivity contribution in [3.8, 4) is 0 Å². The third-order valence-corrected chi connectivity index (χ3v) is 5.48. The molecule has 3 rings (SSSR count). The molecule has 130 valence electrons. The summed E-state index contributed by atoms with van der Waals surface area (Å²) in [7, 11) is 1.85. The third-order valence-electron chi connectivity index (χ3n) is 4.43. The summed E-state index contributed by atoms with van der Waals surface area (Å²) in [6.45, 7) is 3.86. The van der Waals surface area contributed by atoms with Crippen molar-refractivity contribution in [1.29, 1.82) is 0 Å². The van der Waals surface area contributed by atoms with E-state index < -0.39 is 0 Å². The predicted octanol–water partition coefficient (Wildman–Crippen LogP) is 1.83. The number of rotatable bonds is 3. The number of halogens is 1. The van der Waals surface area contributed by atoms with E-state index in [4.69, 9.17) is 0 Å². The maximum atomic E-state index is 4.46. The van der Waals surface area contributed by atoms with E-state index in [1.165, 1.54) is 24.3 Å². The van der Waals surface area contributed by atoms with Crippen molar-refractivity contribution in [1.82, 2.24) is 25.4 Å². The Morgan fingerprint density at radius 2 is 2.13 bits per heavy atom. The molecule has 0 aromatic carbocycles. The number of nitrogens with one attached hydrogen (secondary N) is 2. The monoisotopic (exact) mass is 450 g/mol.